The van der Waals surface area contributed by atoms with Gasteiger partial charge in [-0.2, -0.15) is 0 Å². The Morgan fingerprint density at radius 2 is 2.24 bits per heavy atom. The molecule has 0 radical (unpaired) electrons. The first-order valence-electron chi connectivity index (χ1n) is 5.39. The van der Waals surface area contributed by atoms with Crippen molar-refractivity contribution in [3.63, 3.8) is 0 Å². The Balaban J connectivity index is 3.01. The van der Waals surface area contributed by atoms with E-state index in [1.54, 1.807) is 32.0 Å². The highest BCUT2D eigenvalue weighted by atomic mass is 35.5. The van der Waals surface area contributed by atoms with E-state index in [4.69, 9.17) is 22.1 Å². The average Bonchev–Trinajstić information content (AvgIpc) is 2.26. The van der Waals surface area contributed by atoms with E-state index in [2.05, 4.69) is 0 Å². The third-order valence-electron chi connectivity index (χ3n) is 2.38. The molecule has 0 aliphatic carbocycles. The fourth-order valence-electron chi connectivity index (χ4n) is 1.45. The topological polar surface area (TPSA) is 72.6 Å². The highest BCUT2D eigenvalue weighted by Crippen LogP contribution is 2.29. The molecule has 0 bridgehead atoms. The van der Waals surface area contributed by atoms with Crippen LogP contribution in [-0.2, 0) is 4.79 Å². The van der Waals surface area contributed by atoms with Crippen LogP contribution < -0.4 is 10.5 Å². The van der Waals surface area contributed by atoms with Crippen molar-refractivity contribution in [1.29, 1.82) is 0 Å². The summed E-state index contributed by atoms with van der Waals surface area (Å²) in [6.07, 6.45) is -0.959. The molecule has 2 unspecified atom stereocenters. The molecule has 0 aromatic heterocycles. The summed E-state index contributed by atoms with van der Waals surface area (Å²) >= 11 is 5.84. The van der Waals surface area contributed by atoms with E-state index >= 15 is 0 Å². The Morgan fingerprint density at radius 1 is 1.59 bits per heavy atom. The first-order chi connectivity index (χ1) is 7.95. The van der Waals surface area contributed by atoms with Crippen LogP contribution in [0.2, 0.25) is 5.02 Å². The number of amides is 1. The van der Waals surface area contributed by atoms with Gasteiger partial charge in [0.25, 0.3) is 5.91 Å². The number of carbonyl (C=O) groups is 1. The van der Waals surface area contributed by atoms with Gasteiger partial charge in [0.15, 0.2) is 6.10 Å². The van der Waals surface area contributed by atoms with Crippen LogP contribution in [0.5, 0.6) is 5.75 Å². The smallest absolute Gasteiger partial charge is 0.258 e. The average molecular weight is 258 g/mol. The lowest BCUT2D eigenvalue weighted by Crippen LogP contribution is -2.33. The van der Waals surface area contributed by atoms with Gasteiger partial charge in [0, 0.05) is 10.6 Å². The normalized spacial score (nSPS) is 14.1. The molecule has 0 saturated carbocycles. The number of hydrogen-bond acceptors (Lipinski definition) is 3. The Labute approximate surface area is 105 Å². The maximum absolute atomic E-state index is 11.1. The Morgan fingerprint density at radius 3 is 2.71 bits per heavy atom. The van der Waals surface area contributed by atoms with Crippen molar-refractivity contribution >= 4 is 17.5 Å². The van der Waals surface area contributed by atoms with Crippen LogP contribution in [0.1, 0.15) is 31.9 Å². The predicted octanol–water partition coefficient (Wildman–Crippen LogP) is 2.04. The molecule has 94 valence electrons. The van der Waals surface area contributed by atoms with Crippen molar-refractivity contribution in [2.24, 2.45) is 5.73 Å². The quantitative estimate of drug-likeness (QED) is 0.848. The van der Waals surface area contributed by atoms with Crippen LogP contribution >= 0.6 is 11.6 Å². The van der Waals surface area contributed by atoms with Crippen molar-refractivity contribution in [1.82, 2.24) is 0 Å². The van der Waals surface area contributed by atoms with Crippen LogP contribution in [0.4, 0.5) is 0 Å². The molecule has 1 aromatic rings. The molecule has 0 aliphatic rings. The van der Waals surface area contributed by atoms with E-state index in [0.29, 0.717) is 22.8 Å². The van der Waals surface area contributed by atoms with E-state index in [9.17, 15) is 9.90 Å². The van der Waals surface area contributed by atoms with Gasteiger partial charge >= 0.3 is 0 Å². The molecule has 5 heteroatoms. The number of benzene rings is 1. The van der Waals surface area contributed by atoms with Crippen LogP contribution in [0, 0.1) is 0 Å². The van der Waals surface area contributed by atoms with Gasteiger partial charge in [0.1, 0.15) is 5.75 Å². The first-order valence-corrected chi connectivity index (χ1v) is 5.77. The highest BCUT2D eigenvalue weighted by Gasteiger charge is 2.18. The minimum atomic E-state index is -0.728. The van der Waals surface area contributed by atoms with Crippen molar-refractivity contribution in [3.05, 3.63) is 28.8 Å². The minimum absolute atomic E-state index is 0.426. The van der Waals surface area contributed by atoms with Crippen molar-refractivity contribution < 1.29 is 14.6 Å². The lowest BCUT2D eigenvalue weighted by molar-refractivity contribution is -0.124. The van der Waals surface area contributed by atoms with Crippen LogP contribution in [-0.4, -0.2) is 17.1 Å². The lowest BCUT2D eigenvalue weighted by Gasteiger charge is -2.18. The number of rotatable bonds is 5. The molecule has 17 heavy (non-hydrogen) atoms. The molecule has 0 aliphatic heterocycles. The maximum atomic E-state index is 11.1. The number of aliphatic hydroxyl groups is 1. The molecule has 1 rings (SSSR count). The number of carbonyl (C=O) groups excluding carboxylic acids is 1. The number of ether oxygens (including phenoxy) is 1. The third-order valence-corrected chi connectivity index (χ3v) is 2.61. The molecule has 0 fully saturated rings. The number of nitrogens with two attached hydrogens (primary N) is 1. The Hall–Kier alpha value is -1.26. The van der Waals surface area contributed by atoms with Gasteiger partial charge in [-0.15, -0.1) is 0 Å². The molecule has 3 N–H and O–H groups in total. The molecule has 0 saturated heterocycles. The van der Waals surface area contributed by atoms with Crippen LogP contribution in [0.25, 0.3) is 0 Å². The minimum Gasteiger partial charge on any atom is -0.480 e. The Bertz CT molecular complexity index is 407. The van der Waals surface area contributed by atoms with Gasteiger partial charge in [-0.3, -0.25) is 4.79 Å². The first kappa shape index (κ1) is 13.8. The molecular weight excluding hydrogens is 242 g/mol. The van der Waals surface area contributed by atoms with Gasteiger partial charge in [-0.25, -0.2) is 0 Å². The van der Waals surface area contributed by atoms with E-state index in [1.165, 1.54) is 0 Å². The monoisotopic (exact) mass is 257 g/mol. The van der Waals surface area contributed by atoms with Crippen LogP contribution in [0.3, 0.4) is 0 Å². The van der Waals surface area contributed by atoms with Crippen molar-refractivity contribution in [3.8, 4) is 5.75 Å². The zero-order valence-electron chi connectivity index (χ0n) is 9.81. The predicted molar refractivity (Wildman–Crippen MR) is 66.0 cm³/mol. The zero-order chi connectivity index (χ0) is 13.0. The second kappa shape index (κ2) is 5.89. The summed E-state index contributed by atoms with van der Waals surface area (Å²) in [5.74, 6) is -0.103. The van der Waals surface area contributed by atoms with Crippen LogP contribution in [0.15, 0.2) is 18.2 Å². The molecule has 1 amide bonds. The second-order valence-electron chi connectivity index (χ2n) is 3.78. The van der Waals surface area contributed by atoms with Crippen molar-refractivity contribution in [2.45, 2.75) is 32.5 Å². The standard InChI is InChI=1S/C12H16ClNO3/c1-3-10(12(14)16)17-11-5-4-8(13)6-9(11)7(2)15/h4-7,10,15H,3H2,1-2H3,(H2,14,16). The van der Waals surface area contributed by atoms with E-state index in [-0.39, 0.29) is 0 Å². The summed E-state index contributed by atoms with van der Waals surface area (Å²) in [5.41, 5.74) is 5.74. The molecule has 2 atom stereocenters. The van der Waals surface area contributed by atoms with Gasteiger partial charge in [-0.05, 0) is 31.5 Å². The van der Waals surface area contributed by atoms with Crippen molar-refractivity contribution in [2.75, 3.05) is 0 Å². The lowest BCUT2D eigenvalue weighted by atomic mass is 10.1. The summed E-state index contributed by atoms with van der Waals surface area (Å²) in [5, 5.41) is 10.1. The van der Waals surface area contributed by atoms with Gasteiger partial charge < -0.3 is 15.6 Å². The summed E-state index contributed by atoms with van der Waals surface area (Å²) in [6.45, 7) is 3.40. The third kappa shape index (κ3) is 3.61. The molecule has 0 spiro atoms. The molecular formula is C12H16ClNO3. The highest BCUT2D eigenvalue weighted by molar-refractivity contribution is 6.30. The number of primary amides is 1. The fraction of sp³-hybridized carbons (Fsp3) is 0.417. The maximum Gasteiger partial charge on any atom is 0.258 e. The summed E-state index contributed by atoms with van der Waals surface area (Å²) in [7, 11) is 0. The summed E-state index contributed by atoms with van der Waals surface area (Å²) < 4.78 is 5.48. The molecule has 4 nitrogen and oxygen atoms in total. The fourth-order valence-corrected chi connectivity index (χ4v) is 1.63. The van der Waals surface area contributed by atoms with E-state index < -0.39 is 18.1 Å². The molecule has 1 aromatic carbocycles. The van der Waals surface area contributed by atoms with Gasteiger partial charge in [0.05, 0.1) is 6.10 Å². The van der Waals surface area contributed by atoms with Gasteiger partial charge in [0.2, 0.25) is 0 Å². The zero-order valence-corrected chi connectivity index (χ0v) is 10.6. The van der Waals surface area contributed by atoms with Gasteiger partial charge in [-0.1, -0.05) is 18.5 Å². The number of hydrogen-bond donors (Lipinski definition) is 2. The van der Waals surface area contributed by atoms with E-state index in [1.807, 2.05) is 0 Å². The van der Waals surface area contributed by atoms with E-state index in [0.717, 1.165) is 0 Å². The number of aliphatic hydroxyl groups excluding tert-OH is 1. The largest absolute Gasteiger partial charge is 0.480 e. The Kier molecular flexibility index (Phi) is 4.78. The number of halogens is 1. The summed E-state index contributed by atoms with van der Waals surface area (Å²) in [4.78, 5) is 11.1. The second-order valence-corrected chi connectivity index (χ2v) is 4.21. The SMILES string of the molecule is CCC(Oc1ccc(Cl)cc1C(C)O)C(N)=O. The summed E-state index contributed by atoms with van der Waals surface area (Å²) in [6, 6.07) is 4.86. The molecule has 0 heterocycles.